The first-order valence-electron chi connectivity index (χ1n) is 3.55. The van der Waals surface area contributed by atoms with Crippen molar-refractivity contribution in [3.63, 3.8) is 0 Å². The minimum Gasteiger partial charge on any atom is -0.481 e. The first-order chi connectivity index (χ1) is 5.88. The number of carbonyl (C=O) groups is 2. The van der Waals surface area contributed by atoms with Gasteiger partial charge in [-0.2, -0.15) is 0 Å². The molecule has 13 heavy (non-hydrogen) atoms. The minimum atomic E-state index is -0.833. The molecule has 0 aliphatic heterocycles. The number of nitrogens with two attached hydrogens (primary N) is 2. The molecule has 0 bridgehead atoms. The summed E-state index contributed by atoms with van der Waals surface area (Å²) in [6.45, 7) is 4.82. The summed E-state index contributed by atoms with van der Waals surface area (Å²) in [6, 6.07) is 0. The molecule has 0 aromatic heterocycles. The Labute approximate surface area is 78.5 Å². The Balaban J connectivity index is -0.0000000431. The summed E-state index contributed by atoms with van der Waals surface area (Å²) in [7, 11) is 1.50. The minimum absolute atomic E-state index is 0.750. The van der Waals surface area contributed by atoms with E-state index in [1.165, 1.54) is 7.05 Å². The van der Waals surface area contributed by atoms with Gasteiger partial charge in [-0.05, 0) is 13.6 Å². The molecule has 0 saturated heterocycles. The quantitative estimate of drug-likeness (QED) is 0.422. The summed E-state index contributed by atoms with van der Waals surface area (Å²) in [4.78, 5) is 18.0. The topological polar surface area (TPSA) is 127 Å². The van der Waals surface area contributed by atoms with Gasteiger partial charge in [-0.25, -0.2) is 0 Å². The lowest BCUT2D eigenvalue weighted by molar-refractivity contribution is -0.135. The number of carboxylic acid groups (broad SMARTS) is 2. The van der Waals surface area contributed by atoms with E-state index < -0.39 is 11.9 Å². The average Bonchev–Trinajstić information content (AvgIpc) is 1.89. The highest BCUT2D eigenvalue weighted by Gasteiger charge is 1.65. The fourth-order valence-electron chi connectivity index (χ4n) is 0. The van der Waals surface area contributed by atoms with E-state index in [-0.39, 0.29) is 0 Å². The Morgan fingerprint density at radius 2 is 1.08 bits per heavy atom. The third-order valence-electron chi connectivity index (χ3n) is 0. The van der Waals surface area contributed by atoms with Crippen molar-refractivity contribution < 1.29 is 19.8 Å². The van der Waals surface area contributed by atoms with Crippen LogP contribution in [0.4, 0.5) is 0 Å². The smallest absolute Gasteiger partial charge is 0.300 e. The number of aliphatic carboxylic acids is 2. The van der Waals surface area contributed by atoms with E-state index in [2.05, 4.69) is 5.73 Å². The van der Waals surface area contributed by atoms with Gasteiger partial charge in [-0.1, -0.05) is 6.92 Å². The Kier molecular flexibility index (Phi) is 53.5. The van der Waals surface area contributed by atoms with Gasteiger partial charge in [0.15, 0.2) is 0 Å². The Bertz CT molecular complexity index is 86.7. The van der Waals surface area contributed by atoms with Crippen molar-refractivity contribution in [3.05, 3.63) is 0 Å². The van der Waals surface area contributed by atoms with E-state index in [9.17, 15) is 0 Å². The summed E-state index contributed by atoms with van der Waals surface area (Å²) in [6.07, 6.45) is 0. The van der Waals surface area contributed by atoms with Gasteiger partial charge in [0, 0.05) is 13.8 Å². The molecule has 82 valence electrons. The predicted octanol–water partition coefficient (Wildman–Crippen LogP) is -0.278. The largest absolute Gasteiger partial charge is 0.481 e. The zero-order valence-electron chi connectivity index (χ0n) is 8.57. The van der Waals surface area contributed by atoms with Gasteiger partial charge in [0.2, 0.25) is 0 Å². The third-order valence-corrected chi connectivity index (χ3v) is 0. The van der Waals surface area contributed by atoms with Crippen LogP contribution in [0.3, 0.4) is 0 Å². The molecule has 0 aromatic rings. The second-order valence-electron chi connectivity index (χ2n) is 1.45. The molecule has 6 nitrogen and oxygen atoms in total. The second-order valence-corrected chi connectivity index (χ2v) is 1.45. The average molecular weight is 196 g/mol. The van der Waals surface area contributed by atoms with Crippen LogP contribution in [0.1, 0.15) is 20.8 Å². The monoisotopic (exact) mass is 196 g/mol. The fourth-order valence-corrected chi connectivity index (χ4v) is 0. The third kappa shape index (κ3) is 656. The molecule has 0 spiro atoms. The molecule has 0 fully saturated rings. The van der Waals surface area contributed by atoms with Gasteiger partial charge in [0.1, 0.15) is 0 Å². The lowest BCUT2D eigenvalue weighted by Gasteiger charge is -1.59. The fraction of sp³-hybridized carbons (Fsp3) is 0.714. The first kappa shape index (κ1) is 22.6. The van der Waals surface area contributed by atoms with E-state index in [4.69, 9.17) is 25.5 Å². The summed E-state index contributed by atoms with van der Waals surface area (Å²) >= 11 is 0. The van der Waals surface area contributed by atoms with Crippen molar-refractivity contribution in [1.82, 2.24) is 0 Å². The van der Waals surface area contributed by atoms with Crippen LogP contribution in [0.5, 0.6) is 0 Å². The maximum Gasteiger partial charge on any atom is 0.300 e. The molecule has 0 aliphatic rings. The van der Waals surface area contributed by atoms with E-state index in [0.717, 1.165) is 20.4 Å². The highest BCUT2D eigenvalue weighted by molar-refractivity contribution is 5.63. The van der Waals surface area contributed by atoms with Crippen molar-refractivity contribution in [2.45, 2.75) is 20.8 Å². The van der Waals surface area contributed by atoms with Gasteiger partial charge in [0.05, 0.1) is 0 Å². The standard InChI is InChI=1S/C2H7N.2C2H4O2.CH5N/c1-2-3;2*1-2(3)4;1-2/h2-3H2,1H3;2*1H3,(H,3,4);2H2,1H3. The van der Waals surface area contributed by atoms with Gasteiger partial charge >= 0.3 is 0 Å². The first-order valence-corrected chi connectivity index (χ1v) is 3.55. The highest BCUT2D eigenvalue weighted by Crippen LogP contribution is 1.42. The second kappa shape index (κ2) is 30.7. The summed E-state index contributed by atoms with van der Waals surface area (Å²) in [5.74, 6) is -1.67. The molecule has 0 saturated carbocycles. The van der Waals surface area contributed by atoms with Gasteiger partial charge in [0.25, 0.3) is 11.9 Å². The molecule has 0 rings (SSSR count). The van der Waals surface area contributed by atoms with Crippen molar-refractivity contribution in [1.29, 1.82) is 0 Å². The molecule has 0 unspecified atom stereocenters. The van der Waals surface area contributed by atoms with Crippen LogP contribution in [0.25, 0.3) is 0 Å². The summed E-state index contributed by atoms with van der Waals surface area (Å²) in [5, 5.41) is 14.8. The van der Waals surface area contributed by atoms with E-state index in [0.29, 0.717) is 0 Å². The SMILES string of the molecule is CC(=O)O.CC(=O)O.CCN.CN. The number of hydrogen-bond acceptors (Lipinski definition) is 4. The molecule has 0 atom stereocenters. The Morgan fingerprint density at radius 3 is 1.08 bits per heavy atom. The van der Waals surface area contributed by atoms with Crippen LogP contribution in [-0.4, -0.2) is 35.7 Å². The zero-order valence-corrected chi connectivity index (χ0v) is 8.57. The van der Waals surface area contributed by atoms with Crippen molar-refractivity contribution in [3.8, 4) is 0 Å². The molecule has 6 heteroatoms. The van der Waals surface area contributed by atoms with Crippen LogP contribution >= 0.6 is 0 Å². The van der Waals surface area contributed by atoms with Gasteiger partial charge < -0.3 is 21.7 Å². The van der Waals surface area contributed by atoms with Gasteiger partial charge in [-0.15, -0.1) is 0 Å². The van der Waals surface area contributed by atoms with E-state index in [1.807, 2.05) is 6.92 Å². The van der Waals surface area contributed by atoms with Crippen LogP contribution in [0.15, 0.2) is 0 Å². The maximum atomic E-state index is 9.00. The van der Waals surface area contributed by atoms with E-state index in [1.54, 1.807) is 0 Å². The molecule has 0 amide bonds. The molecule has 6 N–H and O–H groups in total. The molecule has 0 aromatic carbocycles. The maximum absolute atomic E-state index is 9.00. The Morgan fingerprint density at radius 1 is 1.08 bits per heavy atom. The van der Waals surface area contributed by atoms with Crippen LogP contribution < -0.4 is 11.5 Å². The lowest BCUT2D eigenvalue weighted by atomic mass is 10.8. The highest BCUT2D eigenvalue weighted by atomic mass is 16.4. The summed E-state index contributed by atoms with van der Waals surface area (Å²) < 4.78 is 0. The number of carboxylic acids is 2. The summed E-state index contributed by atoms with van der Waals surface area (Å²) in [5.41, 5.74) is 9.35. The number of hydrogen-bond donors (Lipinski definition) is 4. The molecule has 0 radical (unpaired) electrons. The lowest BCUT2D eigenvalue weighted by Crippen LogP contribution is -1.87. The zero-order chi connectivity index (χ0) is 11.9. The molecular formula is C7H20N2O4. The van der Waals surface area contributed by atoms with Crippen LogP contribution in [-0.2, 0) is 9.59 Å². The molecule has 0 heterocycles. The normalized spacial score (nSPS) is 5.69. The number of rotatable bonds is 0. The predicted molar refractivity (Wildman–Crippen MR) is 51.5 cm³/mol. The van der Waals surface area contributed by atoms with Crippen molar-refractivity contribution in [2.75, 3.05) is 13.6 Å². The van der Waals surface area contributed by atoms with Crippen LogP contribution in [0.2, 0.25) is 0 Å². The van der Waals surface area contributed by atoms with Crippen LogP contribution in [0, 0.1) is 0 Å². The van der Waals surface area contributed by atoms with Crippen molar-refractivity contribution >= 4 is 11.9 Å². The van der Waals surface area contributed by atoms with Gasteiger partial charge in [-0.3, -0.25) is 9.59 Å². The molecular weight excluding hydrogens is 176 g/mol. The molecule has 0 aliphatic carbocycles. The Hall–Kier alpha value is -1.14. The van der Waals surface area contributed by atoms with Crippen molar-refractivity contribution in [2.24, 2.45) is 11.5 Å². The van der Waals surface area contributed by atoms with E-state index >= 15 is 0 Å².